The van der Waals surface area contributed by atoms with E-state index in [4.69, 9.17) is 0 Å². The van der Waals surface area contributed by atoms with Crippen molar-refractivity contribution < 1.29 is 5.11 Å². The van der Waals surface area contributed by atoms with E-state index in [9.17, 15) is 5.11 Å². The number of rotatable bonds is 11. The second-order valence-electron chi connectivity index (χ2n) is 12.0. The van der Waals surface area contributed by atoms with Crippen LogP contribution in [-0.2, 0) is 0 Å². The molecule has 27 heavy (non-hydrogen) atoms. The lowest BCUT2D eigenvalue weighted by molar-refractivity contribution is -0.00493. The SMILES string of the molecule is CCCCC(C)(CC(C)(P)CCC)C12CC1CN(C(C)(C)CC(C)(C)O)C2. The molecule has 0 spiro atoms. The highest BCUT2D eigenvalue weighted by Crippen LogP contribution is 2.71. The zero-order valence-electron chi connectivity index (χ0n) is 19.6. The van der Waals surface area contributed by atoms with Crippen LogP contribution >= 0.6 is 9.24 Å². The minimum atomic E-state index is -0.602. The lowest BCUT2D eigenvalue weighted by Crippen LogP contribution is -2.49. The van der Waals surface area contributed by atoms with Gasteiger partial charge in [0.05, 0.1) is 5.60 Å². The van der Waals surface area contributed by atoms with Crippen LogP contribution in [0.4, 0.5) is 0 Å². The van der Waals surface area contributed by atoms with Crippen molar-refractivity contribution in [2.24, 2.45) is 16.7 Å². The Bertz CT molecular complexity index is 509. The van der Waals surface area contributed by atoms with E-state index < -0.39 is 5.60 Å². The molecule has 1 aliphatic heterocycles. The number of likely N-dealkylation sites (tertiary alicyclic amines) is 1. The van der Waals surface area contributed by atoms with Crippen LogP contribution in [0.25, 0.3) is 0 Å². The molecule has 1 aliphatic carbocycles. The first-order chi connectivity index (χ1) is 12.2. The van der Waals surface area contributed by atoms with Crippen molar-refractivity contribution >= 4 is 9.24 Å². The fraction of sp³-hybridized carbons (Fsp3) is 1.00. The van der Waals surface area contributed by atoms with Gasteiger partial charge in [-0.25, -0.2) is 0 Å². The van der Waals surface area contributed by atoms with Gasteiger partial charge in [-0.3, -0.25) is 4.90 Å². The van der Waals surface area contributed by atoms with Gasteiger partial charge in [0.1, 0.15) is 0 Å². The number of aliphatic hydroxyl groups is 1. The van der Waals surface area contributed by atoms with Crippen molar-refractivity contribution in [3.05, 3.63) is 0 Å². The maximum atomic E-state index is 10.4. The van der Waals surface area contributed by atoms with Gasteiger partial charge >= 0.3 is 0 Å². The Hall–Kier alpha value is 0.350. The summed E-state index contributed by atoms with van der Waals surface area (Å²) in [6, 6.07) is 0. The lowest BCUT2D eigenvalue weighted by Gasteiger charge is -2.46. The Labute approximate surface area is 172 Å². The smallest absolute Gasteiger partial charge is 0.0609 e. The Morgan fingerprint density at radius 2 is 1.63 bits per heavy atom. The van der Waals surface area contributed by atoms with Gasteiger partial charge in [-0.05, 0) is 81.7 Å². The zero-order valence-corrected chi connectivity index (χ0v) is 20.8. The first-order valence-electron chi connectivity index (χ1n) is 11.5. The standard InChI is InChI=1S/C24H48NOP/c1-9-11-13-22(7,17-23(8,27)12-10-2)24-14-19(24)15-25(18-24)20(3,4)16-21(5,6)26/h19,26H,9-18,27H2,1-8H3. The fourth-order valence-corrected chi connectivity index (χ4v) is 7.42. The molecule has 3 heteroatoms. The van der Waals surface area contributed by atoms with Crippen molar-refractivity contribution in [3.63, 3.8) is 0 Å². The van der Waals surface area contributed by atoms with E-state index in [1.165, 1.54) is 58.0 Å². The van der Waals surface area contributed by atoms with E-state index in [1.807, 2.05) is 13.8 Å². The van der Waals surface area contributed by atoms with Crippen molar-refractivity contribution in [2.75, 3.05) is 13.1 Å². The zero-order chi connectivity index (χ0) is 20.7. The van der Waals surface area contributed by atoms with Crippen LogP contribution in [0.3, 0.4) is 0 Å². The summed E-state index contributed by atoms with van der Waals surface area (Å²) in [6.07, 6.45) is 10.2. The first-order valence-corrected chi connectivity index (χ1v) is 12.0. The van der Waals surface area contributed by atoms with Gasteiger partial charge in [0.2, 0.25) is 0 Å². The molecule has 0 aromatic rings. The Morgan fingerprint density at radius 3 is 2.15 bits per heavy atom. The van der Waals surface area contributed by atoms with Crippen LogP contribution in [0.5, 0.6) is 0 Å². The minimum Gasteiger partial charge on any atom is -0.390 e. The second kappa shape index (κ2) is 7.88. The highest BCUT2D eigenvalue weighted by atomic mass is 31.0. The van der Waals surface area contributed by atoms with Crippen molar-refractivity contribution in [3.8, 4) is 0 Å². The molecule has 0 radical (unpaired) electrons. The van der Waals surface area contributed by atoms with Gasteiger partial charge in [-0.15, -0.1) is 9.24 Å². The van der Waals surface area contributed by atoms with Crippen molar-refractivity contribution in [1.29, 1.82) is 0 Å². The van der Waals surface area contributed by atoms with Crippen LogP contribution < -0.4 is 0 Å². The summed E-state index contributed by atoms with van der Waals surface area (Å²) >= 11 is 0. The lowest BCUT2D eigenvalue weighted by atomic mass is 9.64. The van der Waals surface area contributed by atoms with Crippen molar-refractivity contribution in [1.82, 2.24) is 4.90 Å². The molecule has 1 saturated carbocycles. The molecule has 5 atom stereocenters. The summed E-state index contributed by atoms with van der Waals surface area (Å²) in [4.78, 5) is 2.71. The minimum absolute atomic E-state index is 0.0675. The molecule has 0 bridgehead atoms. The Morgan fingerprint density at radius 1 is 1.00 bits per heavy atom. The van der Waals surface area contributed by atoms with E-state index >= 15 is 0 Å². The topological polar surface area (TPSA) is 23.5 Å². The molecule has 5 unspecified atom stereocenters. The molecule has 2 fully saturated rings. The third-order valence-electron chi connectivity index (χ3n) is 7.77. The molecule has 2 aliphatic rings. The maximum absolute atomic E-state index is 10.4. The highest BCUT2D eigenvalue weighted by Gasteiger charge is 2.69. The molecule has 0 aromatic heterocycles. The number of nitrogens with zero attached hydrogens (tertiary/aromatic N) is 1. The van der Waals surface area contributed by atoms with E-state index in [0.29, 0.717) is 16.0 Å². The first kappa shape index (κ1) is 23.6. The van der Waals surface area contributed by atoms with Gasteiger partial charge in [0, 0.05) is 18.6 Å². The molecule has 1 heterocycles. The Kier molecular flexibility index (Phi) is 6.90. The third kappa shape index (κ3) is 5.29. The molecular formula is C24H48NOP. The number of fused-ring (bicyclic) bond motifs is 1. The van der Waals surface area contributed by atoms with Crippen LogP contribution in [0.2, 0.25) is 0 Å². The summed E-state index contributed by atoms with van der Waals surface area (Å²) in [6.45, 7) is 20.8. The largest absolute Gasteiger partial charge is 0.390 e. The molecule has 2 rings (SSSR count). The Balaban J connectivity index is 2.20. The molecule has 0 amide bonds. The fourth-order valence-electron chi connectivity index (χ4n) is 6.68. The molecule has 160 valence electrons. The van der Waals surface area contributed by atoms with Gasteiger partial charge in [0.25, 0.3) is 0 Å². The molecule has 1 saturated heterocycles. The summed E-state index contributed by atoms with van der Waals surface area (Å²) in [7, 11) is 3.21. The number of hydrogen-bond donors (Lipinski definition) is 1. The molecule has 2 nitrogen and oxygen atoms in total. The number of piperidine rings is 1. The summed E-state index contributed by atoms with van der Waals surface area (Å²) < 4.78 is 0. The van der Waals surface area contributed by atoms with Crippen LogP contribution in [0.15, 0.2) is 0 Å². The van der Waals surface area contributed by atoms with Crippen LogP contribution in [-0.4, -0.2) is 39.4 Å². The average Bonchev–Trinajstić information content (AvgIpc) is 3.05. The van der Waals surface area contributed by atoms with Gasteiger partial charge in [-0.2, -0.15) is 0 Å². The molecular weight excluding hydrogens is 349 g/mol. The number of hydrogen-bond acceptors (Lipinski definition) is 2. The van der Waals surface area contributed by atoms with Gasteiger partial charge in [-0.1, -0.05) is 47.0 Å². The second-order valence-corrected chi connectivity index (χ2v) is 13.4. The van der Waals surface area contributed by atoms with E-state index in [0.717, 1.165) is 12.3 Å². The molecule has 0 aromatic carbocycles. The quantitative estimate of drug-likeness (QED) is 0.415. The maximum Gasteiger partial charge on any atom is 0.0609 e. The van der Waals surface area contributed by atoms with E-state index in [-0.39, 0.29) is 5.54 Å². The summed E-state index contributed by atoms with van der Waals surface area (Å²) in [5.41, 5.74) is 0.399. The third-order valence-corrected chi connectivity index (χ3v) is 8.26. The average molecular weight is 398 g/mol. The predicted molar refractivity (Wildman–Crippen MR) is 122 cm³/mol. The van der Waals surface area contributed by atoms with Gasteiger partial charge < -0.3 is 5.11 Å². The van der Waals surface area contributed by atoms with Crippen LogP contribution in [0.1, 0.15) is 107 Å². The summed E-state index contributed by atoms with van der Waals surface area (Å²) in [5, 5.41) is 10.8. The van der Waals surface area contributed by atoms with Gasteiger partial charge in [0.15, 0.2) is 0 Å². The normalized spacial score (nSPS) is 30.7. The van der Waals surface area contributed by atoms with Crippen molar-refractivity contribution in [2.45, 2.75) is 123 Å². The summed E-state index contributed by atoms with van der Waals surface area (Å²) in [5.74, 6) is 0.864. The van der Waals surface area contributed by atoms with E-state index in [1.54, 1.807) is 0 Å². The monoisotopic (exact) mass is 397 g/mol. The van der Waals surface area contributed by atoms with Crippen LogP contribution in [0, 0.1) is 16.7 Å². The molecule has 1 N–H and O–H groups in total. The van der Waals surface area contributed by atoms with E-state index in [2.05, 4.69) is 55.7 Å². The number of unbranched alkanes of at least 4 members (excludes halogenated alkanes) is 1. The highest BCUT2D eigenvalue weighted by molar-refractivity contribution is 7.18. The predicted octanol–water partition coefficient (Wildman–Crippen LogP) is 6.27.